The van der Waals surface area contributed by atoms with Crippen molar-refractivity contribution in [3.63, 3.8) is 0 Å². The lowest BCUT2D eigenvalue weighted by Crippen LogP contribution is -2.42. The molecular formula is C23H54N2O6Si2. The fourth-order valence-electron chi connectivity index (χ4n) is 4.10. The Bertz CT molecular complexity index is 389. The van der Waals surface area contributed by atoms with E-state index < -0.39 is 17.6 Å². The number of unbranched alkanes of at least 4 members (excludes halogenated alkanes) is 6. The Kier molecular flexibility index (Phi) is 20.4. The van der Waals surface area contributed by atoms with E-state index in [0.717, 1.165) is 38.0 Å². The molecule has 10 heteroatoms. The van der Waals surface area contributed by atoms with E-state index in [1.54, 1.807) is 42.7 Å². The van der Waals surface area contributed by atoms with E-state index in [9.17, 15) is 0 Å². The summed E-state index contributed by atoms with van der Waals surface area (Å²) in [5.74, 6) is 0. The Labute approximate surface area is 206 Å². The molecule has 0 spiro atoms. The van der Waals surface area contributed by atoms with Crippen LogP contribution in [-0.2, 0) is 26.6 Å². The highest BCUT2D eigenvalue weighted by molar-refractivity contribution is 6.60. The molecule has 0 N–H and O–H groups in total. The van der Waals surface area contributed by atoms with E-state index in [-0.39, 0.29) is 0 Å². The van der Waals surface area contributed by atoms with Gasteiger partial charge in [0.2, 0.25) is 0 Å². The topological polar surface area (TPSA) is 61.9 Å². The van der Waals surface area contributed by atoms with Crippen molar-refractivity contribution < 1.29 is 26.6 Å². The zero-order chi connectivity index (χ0) is 25.0. The van der Waals surface area contributed by atoms with Crippen LogP contribution < -0.4 is 0 Å². The van der Waals surface area contributed by atoms with Gasteiger partial charge in [0.05, 0.1) is 0 Å². The van der Waals surface area contributed by atoms with Gasteiger partial charge in [0.15, 0.2) is 0 Å². The fourth-order valence-corrected chi connectivity index (χ4v) is 7.69. The van der Waals surface area contributed by atoms with Gasteiger partial charge in [-0.25, -0.2) is 0 Å². The van der Waals surface area contributed by atoms with Crippen LogP contribution in [-0.4, -0.2) is 110 Å². The standard InChI is InChI=1S/C23H54N2O6Si2/c1-24(18-13-9-11-15-22-32(26-3,27-4)28-5)20-17-21-25(2)19-14-10-12-16-23-33(29-6,30-7)31-8/h9-23H2,1-8H3. The summed E-state index contributed by atoms with van der Waals surface area (Å²) in [4.78, 5) is 4.92. The number of hydrogen-bond donors (Lipinski definition) is 0. The molecule has 0 radical (unpaired) electrons. The molecule has 0 saturated carbocycles. The maximum atomic E-state index is 5.48. The van der Waals surface area contributed by atoms with Crippen LogP contribution >= 0.6 is 0 Å². The molecular weight excluding hydrogens is 456 g/mol. The van der Waals surface area contributed by atoms with E-state index in [0.29, 0.717) is 0 Å². The minimum Gasteiger partial charge on any atom is -0.377 e. The number of nitrogens with zero attached hydrogens (tertiary/aromatic N) is 2. The summed E-state index contributed by atoms with van der Waals surface area (Å²) in [5, 5.41) is 0. The first-order valence-corrected chi connectivity index (χ1v) is 16.4. The predicted octanol–water partition coefficient (Wildman–Crippen LogP) is 4.12. The van der Waals surface area contributed by atoms with Gasteiger partial charge in [-0.15, -0.1) is 0 Å². The van der Waals surface area contributed by atoms with Crippen molar-refractivity contribution in [1.29, 1.82) is 0 Å². The number of hydrogen-bond acceptors (Lipinski definition) is 8. The normalized spacial score (nSPS) is 12.9. The second-order valence-electron chi connectivity index (χ2n) is 8.88. The van der Waals surface area contributed by atoms with Crippen LogP contribution in [0, 0.1) is 0 Å². The molecule has 0 aliphatic heterocycles. The highest BCUT2D eigenvalue weighted by Gasteiger charge is 2.37. The summed E-state index contributed by atoms with van der Waals surface area (Å²) in [7, 11) is 9.82. The molecule has 200 valence electrons. The second-order valence-corrected chi connectivity index (χ2v) is 15.1. The first kappa shape index (κ1) is 33.1. The molecule has 0 aromatic heterocycles. The predicted molar refractivity (Wildman–Crippen MR) is 140 cm³/mol. The van der Waals surface area contributed by atoms with Crippen molar-refractivity contribution in [2.75, 3.05) is 82.9 Å². The first-order valence-electron chi connectivity index (χ1n) is 12.5. The Balaban J connectivity index is 3.67. The van der Waals surface area contributed by atoms with Crippen LogP contribution in [0.2, 0.25) is 12.1 Å². The lowest BCUT2D eigenvalue weighted by Gasteiger charge is -2.24. The molecule has 0 aromatic rings. The molecule has 33 heavy (non-hydrogen) atoms. The second kappa shape index (κ2) is 20.3. The highest BCUT2D eigenvalue weighted by Crippen LogP contribution is 2.18. The Hall–Kier alpha value is 0.114. The van der Waals surface area contributed by atoms with E-state index in [2.05, 4.69) is 23.9 Å². The SMILES string of the molecule is CO[Si](CCCCCCN(C)CCCN(C)CCCCCC[Si](OC)(OC)OC)(OC)OC. The molecule has 0 aliphatic rings. The summed E-state index contributed by atoms with van der Waals surface area (Å²) in [6.07, 6.45) is 10.8. The van der Waals surface area contributed by atoms with E-state index in [4.69, 9.17) is 26.6 Å². The maximum absolute atomic E-state index is 5.48. The van der Waals surface area contributed by atoms with Crippen molar-refractivity contribution in [2.45, 2.75) is 69.9 Å². The molecule has 0 fully saturated rings. The number of rotatable bonds is 24. The van der Waals surface area contributed by atoms with Gasteiger partial charge in [-0.3, -0.25) is 0 Å². The highest BCUT2D eigenvalue weighted by atomic mass is 28.4. The quantitative estimate of drug-likeness (QED) is 0.142. The largest absolute Gasteiger partial charge is 0.500 e. The molecule has 0 aromatic carbocycles. The molecule has 0 heterocycles. The molecule has 0 rings (SSSR count). The molecule has 8 nitrogen and oxygen atoms in total. The minimum atomic E-state index is -2.39. The lowest BCUT2D eigenvalue weighted by molar-refractivity contribution is 0.122. The molecule has 0 unspecified atom stereocenters. The van der Waals surface area contributed by atoms with Gasteiger partial charge in [0.1, 0.15) is 0 Å². The molecule has 0 amide bonds. The fraction of sp³-hybridized carbons (Fsp3) is 1.00. The van der Waals surface area contributed by atoms with Crippen molar-refractivity contribution in [1.82, 2.24) is 9.80 Å². The van der Waals surface area contributed by atoms with E-state index >= 15 is 0 Å². The Morgan fingerprint density at radius 1 is 0.394 bits per heavy atom. The van der Waals surface area contributed by atoms with Gasteiger partial charge in [-0.2, -0.15) is 0 Å². The third-order valence-electron chi connectivity index (χ3n) is 6.49. The van der Waals surface area contributed by atoms with Gasteiger partial charge >= 0.3 is 17.6 Å². The summed E-state index contributed by atoms with van der Waals surface area (Å²) in [6.45, 7) is 4.66. The Morgan fingerprint density at radius 3 is 0.970 bits per heavy atom. The Morgan fingerprint density at radius 2 is 0.667 bits per heavy atom. The van der Waals surface area contributed by atoms with Gasteiger partial charge < -0.3 is 36.4 Å². The van der Waals surface area contributed by atoms with Crippen molar-refractivity contribution in [3.05, 3.63) is 0 Å². The van der Waals surface area contributed by atoms with Crippen LogP contribution in [0.3, 0.4) is 0 Å². The van der Waals surface area contributed by atoms with E-state index in [1.807, 2.05) is 0 Å². The minimum absolute atomic E-state index is 0.897. The first-order chi connectivity index (χ1) is 15.9. The van der Waals surface area contributed by atoms with E-state index in [1.165, 1.54) is 58.0 Å². The third-order valence-corrected chi connectivity index (χ3v) is 12.2. The summed E-state index contributed by atoms with van der Waals surface area (Å²) in [5.41, 5.74) is 0. The van der Waals surface area contributed by atoms with Gasteiger partial charge in [-0.05, 0) is 72.4 Å². The van der Waals surface area contributed by atoms with Crippen LogP contribution in [0.5, 0.6) is 0 Å². The van der Waals surface area contributed by atoms with Crippen LogP contribution in [0.1, 0.15) is 57.8 Å². The zero-order valence-electron chi connectivity index (χ0n) is 23.0. The van der Waals surface area contributed by atoms with Gasteiger partial charge in [0, 0.05) is 54.7 Å². The zero-order valence-corrected chi connectivity index (χ0v) is 25.0. The van der Waals surface area contributed by atoms with Crippen molar-refractivity contribution in [2.24, 2.45) is 0 Å². The maximum Gasteiger partial charge on any atom is 0.500 e. The molecule has 0 bridgehead atoms. The van der Waals surface area contributed by atoms with Gasteiger partial charge in [-0.1, -0.05) is 25.7 Å². The third kappa shape index (κ3) is 15.0. The molecule has 0 aliphatic carbocycles. The van der Waals surface area contributed by atoms with Crippen molar-refractivity contribution in [3.8, 4) is 0 Å². The summed E-state index contributed by atoms with van der Waals surface area (Å²) < 4.78 is 32.9. The average Bonchev–Trinajstić information content (AvgIpc) is 2.84. The average molecular weight is 511 g/mol. The van der Waals surface area contributed by atoms with Gasteiger partial charge in [0.25, 0.3) is 0 Å². The van der Waals surface area contributed by atoms with Crippen LogP contribution in [0.4, 0.5) is 0 Å². The summed E-state index contributed by atoms with van der Waals surface area (Å²) in [6, 6.07) is 1.79. The summed E-state index contributed by atoms with van der Waals surface area (Å²) >= 11 is 0. The smallest absolute Gasteiger partial charge is 0.377 e. The lowest BCUT2D eigenvalue weighted by atomic mass is 10.2. The van der Waals surface area contributed by atoms with Crippen LogP contribution in [0.25, 0.3) is 0 Å². The van der Waals surface area contributed by atoms with Crippen molar-refractivity contribution >= 4 is 17.6 Å². The molecule has 0 atom stereocenters. The van der Waals surface area contributed by atoms with Crippen LogP contribution in [0.15, 0.2) is 0 Å². The monoisotopic (exact) mass is 510 g/mol. The molecule has 0 saturated heterocycles.